The molecule has 1 fully saturated rings. The third-order valence-corrected chi connectivity index (χ3v) is 4.66. The van der Waals surface area contributed by atoms with E-state index in [0.29, 0.717) is 30.8 Å². The molecule has 0 unspecified atom stereocenters. The second-order valence-corrected chi connectivity index (χ2v) is 6.51. The number of amides is 1. The number of esters is 1. The Morgan fingerprint density at radius 3 is 2.11 bits per heavy atom. The molecule has 1 aliphatic heterocycles. The Balaban J connectivity index is 1.62. The van der Waals surface area contributed by atoms with Gasteiger partial charge in [0.05, 0.1) is 12.7 Å². The molecule has 0 bridgehead atoms. The van der Waals surface area contributed by atoms with E-state index in [1.165, 1.54) is 7.11 Å². The van der Waals surface area contributed by atoms with Crippen molar-refractivity contribution < 1.29 is 14.3 Å². The number of carbonyl (C=O) groups excluding carboxylic acids is 2. The van der Waals surface area contributed by atoms with Gasteiger partial charge >= 0.3 is 5.97 Å². The summed E-state index contributed by atoms with van der Waals surface area (Å²) < 4.78 is 4.94. The Kier molecular flexibility index (Phi) is 6.39. The van der Waals surface area contributed by atoms with Gasteiger partial charge in [-0.25, -0.2) is 4.79 Å². The van der Waals surface area contributed by atoms with Crippen LogP contribution >= 0.6 is 0 Å². The Labute approximate surface area is 159 Å². The SMILES string of the molecule is COC(=O)/C(=C/c1ccccc1)CN1CCN(C(=O)c2ccccc2)CC1. The normalized spacial score (nSPS) is 15.4. The maximum absolute atomic E-state index is 12.5. The van der Waals surface area contributed by atoms with Crippen molar-refractivity contribution in [2.24, 2.45) is 0 Å². The number of carbonyl (C=O) groups is 2. The second-order valence-electron chi connectivity index (χ2n) is 6.51. The van der Waals surface area contributed by atoms with E-state index in [2.05, 4.69) is 4.90 Å². The number of methoxy groups -OCH3 is 1. The molecule has 2 aromatic rings. The summed E-state index contributed by atoms with van der Waals surface area (Å²) in [4.78, 5) is 28.8. The lowest BCUT2D eigenvalue weighted by Gasteiger charge is -2.35. The molecule has 1 amide bonds. The van der Waals surface area contributed by atoms with Crippen LogP contribution in [-0.2, 0) is 9.53 Å². The summed E-state index contributed by atoms with van der Waals surface area (Å²) >= 11 is 0. The fraction of sp³-hybridized carbons (Fsp3) is 0.273. The van der Waals surface area contributed by atoms with Crippen molar-refractivity contribution in [2.75, 3.05) is 39.8 Å². The predicted molar refractivity (Wildman–Crippen MR) is 105 cm³/mol. The van der Waals surface area contributed by atoms with Gasteiger partial charge < -0.3 is 9.64 Å². The summed E-state index contributed by atoms with van der Waals surface area (Å²) in [7, 11) is 1.40. The number of ether oxygens (including phenoxy) is 1. The maximum atomic E-state index is 12.5. The molecule has 0 spiro atoms. The largest absolute Gasteiger partial charge is 0.466 e. The smallest absolute Gasteiger partial charge is 0.335 e. The topological polar surface area (TPSA) is 49.9 Å². The van der Waals surface area contributed by atoms with Gasteiger partial charge in [0.2, 0.25) is 0 Å². The summed E-state index contributed by atoms with van der Waals surface area (Å²) in [5.74, 6) is -0.259. The Bertz CT molecular complexity index is 795. The van der Waals surface area contributed by atoms with Crippen molar-refractivity contribution in [3.05, 3.63) is 77.4 Å². The van der Waals surface area contributed by atoms with Crippen molar-refractivity contribution in [3.8, 4) is 0 Å². The van der Waals surface area contributed by atoms with Crippen LogP contribution in [0.15, 0.2) is 66.2 Å². The summed E-state index contributed by atoms with van der Waals surface area (Å²) in [6.45, 7) is 3.25. The highest BCUT2D eigenvalue weighted by atomic mass is 16.5. The van der Waals surface area contributed by atoms with Crippen LogP contribution in [0.1, 0.15) is 15.9 Å². The first kappa shape index (κ1) is 18.9. The first-order valence-electron chi connectivity index (χ1n) is 9.08. The molecule has 1 saturated heterocycles. The first-order chi connectivity index (χ1) is 13.2. The zero-order valence-corrected chi connectivity index (χ0v) is 15.5. The van der Waals surface area contributed by atoms with Gasteiger partial charge in [0.1, 0.15) is 0 Å². The zero-order chi connectivity index (χ0) is 19.1. The van der Waals surface area contributed by atoms with Crippen molar-refractivity contribution in [2.45, 2.75) is 0 Å². The minimum atomic E-state index is -0.318. The Morgan fingerprint density at radius 2 is 1.52 bits per heavy atom. The third kappa shape index (κ3) is 5.05. The van der Waals surface area contributed by atoms with Gasteiger partial charge in [-0.3, -0.25) is 9.69 Å². The minimum absolute atomic E-state index is 0.0586. The highest BCUT2D eigenvalue weighted by molar-refractivity contribution is 5.95. The standard InChI is InChI=1S/C22H24N2O3/c1-27-22(26)20(16-18-8-4-2-5-9-18)17-23-12-14-24(15-13-23)21(25)19-10-6-3-7-11-19/h2-11,16H,12-15,17H2,1H3/b20-16+. The summed E-state index contributed by atoms with van der Waals surface area (Å²) in [6, 6.07) is 19.1. The van der Waals surface area contributed by atoms with E-state index in [9.17, 15) is 9.59 Å². The van der Waals surface area contributed by atoms with E-state index < -0.39 is 0 Å². The molecule has 27 heavy (non-hydrogen) atoms. The van der Waals surface area contributed by atoms with E-state index >= 15 is 0 Å². The molecule has 1 aliphatic rings. The molecule has 1 heterocycles. The lowest BCUT2D eigenvalue weighted by Crippen LogP contribution is -2.49. The Hall–Kier alpha value is -2.92. The number of hydrogen-bond acceptors (Lipinski definition) is 4. The van der Waals surface area contributed by atoms with Crippen LogP contribution in [0.3, 0.4) is 0 Å². The maximum Gasteiger partial charge on any atom is 0.335 e. The van der Waals surface area contributed by atoms with Crippen molar-refractivity contribution in [1.29, 1.82) is 0 Å². The van der Waals surface area contributed by atoms with Gasteiger partial charge in [-0.05, 0) is 23.8 Å². The van der Waals surface area contributed by atoms with Gasteiger partial charge in [0.15, 0.2) is 0 Å². The molecule has 0 N–H and O–H groups in total. The van der Waals surface area contributed by atoms with Crippen LogP contribution in [0.2, 0.25) is 0 Å². The summed E-state index contributed by atoms with van der Waals surface area (Å²) in [5, 5.41) is 0. The molecule has 0 aromatic heterocycles. The van der Waals surface area contributed by atoms with Crippen molar-refractivity contribution >= 4 is 18.0 Å². The molecule has 0 saturated carbocycles. The molecule has 0 aliphatic carbocycles. The van der Waals surface area contributed by atoms with Gasteiger partial charge in [0.25, 0.3) is 5.91 Å². The number of benzene rings is 2. The van der Waals surface area contributed by atoms with E-state index in [0.717, 1.165) is 18.7 Å². The molecular weight excluding hydrogens is 340 g/mol. The molecule has 3 rings (SSSR count). The van der Waals surface area contributed by atoms with Crippen molar-refractivity contribution in [1.82, 2.24) is 9.80 Å². The van der Waals surface area contributed by atoms with Crippen LogP contribution in [0.5, 0.6) is 0 Å². The van der Waals surface area contributed by atoms with E-state index in [-0.39, 0.29) is 11.9 Å². The molecule has 5 nitrogen and oxygen atoms in total. The highest BCUT2D eigenvalue weighted by Crippen LogP contribution is 2.13. The predicted octanol–water partition coefficient (Wildman–Crippen LogP) is 2.70. The quantitative estimate of drug-likeness (QED) is 0.605. The van der Waals surface area contributed by atoms with Crippen LogP contribution in [0.4, 0.5) is 0 Å². The number of hydrogen-bond donors (Lipinski definition) is 0. The number of rotatable bonds is 5. The van der Waals surface area contributed by atoms with Gasteiger partial charge in [-0.1, -0.05) is 48.5 Å². The highest BCUT2D eigenvalue weighted by Gasteiger charge is 2.23. The van der Waals surface area contributed by atoms with Gasteiger partial charge in [0, 0.05) is 38.3 Å². The molecule has 2 aromatic carbocycles. The number of nitrogens with zero attached hydrogens (tertiary/aromatic N) is 2. The van der Waals surface area contributed by atoms with E-state index in [1.54, 1.807) is 0 Å². The number of piperazine rings is 1. The molecule has 0 atom stereocenters. The van der Waals surface area contributed by atoms with Gasteiger partial charge in [-0.2, -0.15) is 0 Å². The Morgan fingerprint density at radius 1 is 0.926 bits per heavy atom. The lowest BCUT2D eigenvalue weighted by atomic mass is 10.1. The van der Waals surface area contributed by atoms with Crippen LogP contribution in [0.25, 0.3) is 6.08 Å². The second kappa shape index (κ2) is 9.14. The molecule has 0 radical (unpaired) electrons. The monoisotopic (exact) mass is 364 g/mol. The van der Waals surface area contributed by atoms with Crippen LogP contribution in [-0.4, -0.2) is 61.5 Å². The van der Waals surface area contributed by atoms with Crippen LogP contribution < -0.4 is 0 Å². The average molecular weight is 364 g/mol. The van der Waals surface area contributed by atoms with Crippen LogP contribution in [0, 0.1) is 0 Å². The van der Waals surface area contributed by atoms with Gasteiger partial charge in [-0.15, -0.1) is 0 Å². The molecule has 5 heteroatoms. The third-order valence-electron chi connectivity index (χ3n) is 4.66. The zero-order valence-electron chi connectivity index (χ0n) is 15.5. The lowest BCUT2D eigenvalue weighted by molar-refractivity contribution is -0.136. The van der Waals surface area contributed by atoms with E-state index in [1.807, 2.05) is 71.6 Å². The first-order valence-corrected chi connectivity index (χ1v) is 9.08. The fourth-order valence-electron chi connectivity index (χ4n) is 3.16. The fourth-order valence-corrected chi connectivity index (χ4v) is 3.16. The van der Waals surface area contributed by atoms with Crippen molar-refractivity contribution in [3.63, 3.8) is 0 Å². The van der Waals surface area contributed by atoms with E-state index in [4.69, 9.17) is 4.74 Å². The average Bonchev–Trinajstić information content (AvgIpc) is 2.74. The summed E-state index contributed by atoms with van der Waals surface area (Å²) in [6.07, 6.45) is 1.87. The molecular formula is C22H24N2O3. The summed E-state index contributed by atoms with van der Waals surface area (Å²) in [5.41, 5.74) is 2.30. The molecule has 140 valence electrons. The minimum Gasteiger partial charge on any atom is -0.466 e.